The average molecular weight is 1530 g/mol. The molecule has 13 rings (SSSR count). The molecule has 7 nitrogen and oxygen atoms in total. The lowest BCUT2D eigenvalue weighted by atomic mass is 10.1. The number of benzene rings is 13. The van der Waals surface area contributed by atoms with Gasteiger partial charge in [-0.15, -0.1) is 0 Å². The van der Waals surface area contributed by atoms with Crippen LogP contribution in [0.2, 0.25) is 0 Å². The number of aryl methyl sites for hydroxylation is 21. The first kappa shape index (κ1) is 79.7. The van der Waals surface area contributed by atoms with Gasteiger partial charge in [0.2, 0.25) is 0 Å². The minimum absolute atomic E-state index is 0.841. The highest BCUT2D eigenvalue weighted by Crippen LogP contribution is 2.48. The van der Waals surface area contributed by atoms with Crippen molar-refractivity contribution in [2.24, 2.45) is 0 Å². The highest BCUT2D eigenvalue weighted by Gasteiger charge is 2.27. The second-order valence-corrected chi connectivity index (χ2v) is 35.7. The van der Waals surface area contributed by atoms with Gasteiger partial charge in [-0.2, -0.15) is 0 Å². The van der Waals surface area contributed by atoms with Gasteiger partial charge in [0.05, 0.1) is 15.9 Å². The lowest BCUT2D eigenvalue weighted by Gasteiger charge is -2.23. The Hall–Kier alpha value is -9.82. The molecule has 0 aromatic heterocycles. The zero-order valence-corrected chi connectivity index (χ0v) is 71.2. The SMILES string of the molecule is Cc1cc(C)c(OP(Oc2cc(C)c(C)cc2C)c2ccc(-c3ccc(P(Oc4cc(C)c(C)cc4C)c4ccc(-c5ccc(P(Oc6cc(C)c(C)cc6C)Oc6cc(C)c(C)cc6C)cc5)cc4)cc3)cc2)cc1C.Cc1cc(C)c(OP(Oc2cc(C)c(C)cc2C)c2ccc(-c3ccccc3)cc2)cc1C. The summed E-state index contributed by atoms with van der Waals surface area (Å²) in [5.41, 5.74) is 31.7. The van der Waals surface area contributed by atoms with Gasteiger partial charge < -0.3 is 31.7 Å². The Morgan fingerprint density at radius 1 is 0.145 bits per heavy atom. The molecule has 13 aromatic rings. The molecule has 0 unspecified atom stereocenters. The summed E-state index contributed by atoms with van der Waals surface area (Å²) in [7, 11) is -5.62. The minimum Gasteiger partial charge on any atom is -0.464 e. The molecular formula is C99H102O7P4. The van der Waals surface area contributed by atoms with Crippen LogP contribution in [-0.2, 0) is 0 Å². The van der Waals surface area contributed by atoms with E-state index < -0.39 is 33.3 Å². The number of rotatable bonds is 22. The first-order valence-corrected chi connectivity index (χ1v) is 42.5. The van der Waals surface area contributed by atoms with Crippen LogP contribution in [0.5, 0.6) is 40.2 Å². The van der Waals surface area contributed by atoms with Gasteiger partial charge in [-0.25, -0.2) is 0 Å². The average Bonchev–Trinajstić information content (AvgIpc) is 0.808. The summed E-state index contributed by atoms with van der Waals surface area (Å²) in [6, 6.07) is 84.3. The molecule has 0 saturated carbocycles. The van der Waals surface area contributed by atoms with Crippen molar-refractivity contribution >= 4 is 59.8 Å². The molecule has 0 radical (unpaired) electrons. The standard InChI is InChI=1S/C69H71O5P3.C30H31O2P/c1-42-32-52(11)65(37-47(42)6)70-75(61-24-16-57(17-25-61)59-20-28-63(29-21-59)76(71-66-38-48(7)43(2)33-53(66)12)72-67-39-49(8)44(3)34-54(67)13)62-26-18-58(19-27-62)60-22-30-64(31-23-60)77(73-68-40-50(9)45(4)35-55(68)14)74-69-41-51(10)46(5)36-56(69)15;1-20-16-24(5)29(18-22(20)3)31-33(32-30-19-23(4)21(2)17-25(30)6)28-14-12-27(13-15-28)26-10-8-7-9-11-26/h16-41H,1-15H3;7-19H,1-6H3. The quantitative estimate of drug-likeness (QED) is 0.0627. The Morgan fingerprint density at radius 3 is 0.491 bits per heavy atom. The monoisotopic (exact) mass is 1530 g/mol. The molecule has 0 spiro atoms. The molecule has 0 fully saturated rings. The Morgan fingerprint density at radius 2 is 0.300 bits per heavy atom. The van der Waals surface area contributed by atoms with Gasteiger partial charge in [0.1, 0.15) is 40.2 Å². The second-order valence-electron chi connectivity index (χ2n) is 29.7. The first-order valence-electron chi connectivity index (χ1n) is 37.7. The van der Waals surface area contributed by atoms with E-state index in [-0.39, 0.29) is 0 Å². The summed E-state index contributed by atoms with van der Waals surface area (Å²) < 4.78 is 47.6. The molecular weight excluding hydrogens is 1420 g/mol. The third kappa shape index (κ3) is 19.1. The highest BCUT2D eigenvalue weighted by molar-refractivity contribution is 7.68. The van der Waals surface area contributed by atoms with Crippen molar-refractivity contribution in [3.8, 4) is 73.6 Å². The van der Waals surface area contributed by atoms with Crippen molar-refractivity contribution in [2.75, 3.05) is 0 Å². The van der Waals surface area contributed by atoms with E-state index in [1.807, 2.05) is 6.07 Å². The maximum absolute atomic E-state index is 7.13. The van der Waals surface area contributed by atoms with Gasteiger partial charge in [0, 0.05) is 10.6 Å². The van der Waals surface area contributed by atoms with Gasteiger partial charge in [-0.1, -0.05) is 158 Å². The van der Waals surface area contributed by atoms with E-state index >= 15 is 0 Å². The summed E-state index contributed by atoms with van der Waals surface area (Å²) in [6.45, 7) is 44.6. The zero-order valence-electron chi connectivity index (χ0n) is 67.7. The fourth-order valence-electron chi connectivity index (χ4n) is 13.0. The molecule has 0 N–H and O–H groups in total. The Kier molecular flexibility index (Phi) is 25.4. The Labute approximate surface area is 659 Å². The lowest BCUT2D eigenvalue weighted by Crippen LogP contribution is -2.16. The summed E-state index contributed by atoms with van der Waals surface area (Å²) in [6.07, 6.45) is 0. The molecule has 0 heterocycles. The molecule has 11 heteroatoms. The van der Waals surface area contributed by atoms with Gasteiger partial charge >= 0.3 is 25.1 Å². The summed E-state index contributed by atoms with van der Waals surface area (Å²) in [5.74, 6) is 6.01. The van der Waals surface area contributed by atoms with E-state index in [9.17, 15) is 0 Å². The largest absolute Gasteiger partial charge is 0.464 e. The van der Waals surface area contributed by atoms with Crippen molar-refractivity contribution in [1.82, 2.24) is 0 Å². The molecule has 0 saturated heterocycles. The summed E-state index contributed by atoms with van der Waals surface area (Å²) in [5, 5.41) is 5.28. The predicted octanol–water partition coefficient (Wildman–Crippen LogP) is 26.6. The molecule has 0 amide bonds. The highest BCUT2D eigenvalue weighted by atomic mass is 31.2. The zero-order chi connectivity index (χ0) is 78.4. The molecule has 0 aliphatic heterocycles. The van der Waals surface area contributed by atoms with Crippen molar-refractivity contribution in [3.63, 3.8) is 0 Å². The third-order valence-corrected chi connectivity index (χ3v) is 27.3. The molecule has 0 aliphatic carbocycles. The van der Waals surface area contributed by atoms with Crippen LogP contribution in [-0.4, -0.2) is 0 Å². The van der Waals surface area contributed by atoms with E-state index in [0.29, 0.717) is 0 Å². The van der Waals surface area contributed by atoms with Crippen molar-refractivity contribution in [1.29, 1.82) is 0 Å². The van der Waals surface area contributed by atoms with Crippen LogP contribution >= 0.6 is 33.3 Å². The van der Waals surface area contributed by atoms with Crippen molar-refractivity contribution < 1.29 is 31.7 Å². The second kappa shape index (κ2) is 35.0. The number of hydrogen-bond acceptors (Lipinski definition) is 7. The van der Waals surface area contributed by atoms with E-state index in [0.717, 1.165) is 128 Å². The van der Waals surface area contributed by atoms with Crippen LogP contribution < -0.4 is 58.2 Å². The maximum Gasteiger partial charge on any atom is 0.326 e. The third-order valence-electron chi connectivity index (χ3n) is 21.0. The van der Waals surface area contributed by atoms with Crippen molar-refractivity contribution in [3.05, 3.63) is 353 Å². The summed E-state index contributed by atoms with van der Waals surface area (Å²) >= 11 is 0. The van der Waals surface area contributed by atoms with Gasteiger partial charge in [0.15, 0.2) is 8.15 Å². The molecule has 0 aliphatic rings. The van der Waals surface area contributed by atoms with Gasteiger partial charge in [0.25, 0.3) is 0 Å². The Bertz CT molecular complexity index is 5070. The minimum atomic E-state index is -1.51. The number of hydrogen-bond donors (Lipinski definition) is 0. The van der Waals surface area contributed by atoms with Crippen LogP contribution in [0.3, 0.4) is 0 Å². The van der Waals surface area contributed by atoms with Crippen LogP contribution in [0.25, 0.3) is 33.4 Å². The van der Waals surface area contributed by atoms with Crippen LogP contribution in [0.1, 0.15) is 117 Å². The maximum atomic E-state index is 7.13. The fourth-order valence-corrected chi connectivity index (χ4v) is 18.9. The fraction of sp³-hybridized carbons (Fsp3) is 0.212. The van der Waals surface area contributed by atoms with Crippen LogP contribution in [0.4, 0.5) is 0 Å². The molecule has 0 bridgehead atoms. The normalized spacial score (nSPS) is 11.3. The molecule has 110 heavy (non-hydrogen) atoms. The molecule has 0 atom stereocenters. The van der Waals surface area contributed by atoms with Gasteiger partial charge in [-0.3, -0.25) is 0 Å². The molecule has 13 aromatic carbocycles. The topological polar surface area (TPSA) is 64.6 Å². The molecule has 560 valence electrons. The Balaban J connectivity index is 0.000000283. The van der Waals surface area contributed by atoms with Crippen LogP contribution in [0.15, 0.2) is 237 Å². The summed E-state index contributed by atoms with van der Waals surface area (Å²) in [4.78, 5) is 0. The predicted molar refractivity (Wildman–Crippen MR) is 470 cm³/mol. The van der Waals surface area contributed by atoms with Crippen LogP contribution in [0, 0.1) is 145 Å². The van der Waals surface area contributed by atoms with E-state index in [1.165, 1.54) is 89.0 Å². The first-order chi connectivity index (χ1) is 52.6. The van der Waals surface area contributed by atoms with Gasteiger partial charge in [-0.05, 0) is 374 Å². The lowest BCUT2D eigenvalue weighted by molar-refractivity contribution is 0.496. The smallest absolute Gasteiger partial charge is 0.326 e. The van der Waals surface area contributed by atoms with E-state index in [1.54, 1.807) is 0 Å². The van der Waals surface area contributed by atoms with E-state index in [4.69, 9.17) is 31.7 Å². The van der Waals surface area contributed by atoms with Crippen molar-refractivity contribution in [2.45, 2.75) is 145 Å². The van der Waals surface area contributed by atoms with E-state index in [2.05, 4.69) is 376 Å².